The number of halogens is 1. The van der Waals surface area contributed by atoms with Gasteiger partial charge in [-0.2, -0.15) is 0 Å². The normalized spacial score (nSPS) is 12.9. The summed E-state index contributed by atoms with van der Waals surface area (Å²) in [5.74, 6) is -1.03. The Balaban J connectivity index is 0.00000441. The van der Waals surface area contributed by atoms with Gasteiger partial charge in [0.1, 0.15) is 0 Å². The first-order valence-corrected chi connectivity index (χ1v) is 7.35. The molecule has 2 atom stereocenters. The third-order valence-electron chi connectivity index (χ3n) is 3.55. The molecule has 5 nitrogen and oxygen atoms in total. The molecule has 2 unspecified atom stereocenters. The Kier molecular flexibility index (Phi) is 9.45. The van der Waals surface area contributed by atoms with Gasteiger partial charge in [0.25, 0.3) is 0 Å². The van der Waals surface area contributed by atoms with Crippen molar-refractivity contribution in [1.29, 1.82) is 0 Å². The maximum Gasteiger partial charge on any atom is 0.237 e. The molecule has 2 amide bonds. The topological polar surface area (TPSA) is 89.4 Å². The van der Waals surface area contributed by atoms with Crippen LogP contribution in [0.3, 0.4) is 0 Å². The van der Waals surface area contributed by atoms with Crippen molar-refractivity contribution >= 4 is 24.2 Å². The molecule has 0 saturated carbocycles. The van der Waals surface area contributed by atoms with E-state index in [0.717, 1.165) is 18.4 Å². The third kappa shape index (κ3) is 6.03. The highest BCUT2D eigenvalue weighted by Crippen LogP contribution is 2.21. The molecule has 0 saturated heterocycles. The van der Waals surface area contributed by atoms with Crippen LogP contribution in [-0.4, -0.2) is 29.8 Å². The zero-order valence-electron chi connectivity index (χ0n) is 13.2. The highest BCUT2D eigenvalue weighted by molar-refractivity contribution is 5.85. The van der Waals surface area contributed by atoms with Gasteiger partial charge in [0, 0.05) is 12.6 Å². The van der Waals surface area contributed by atoms with Crippen LogP contribution in [0.2, 0.25) is 0 Å². The Morgan fingerprint density at radius 1 is 1.23 bits per heavy atom. The lowest BCUT2D eigenvalue weighted by Crippen LogP contribution is -2.44. The van der Waals surface area contributed by atoms with Crippen LogP contribution in [0.25, 0.3) is 0 Å². The fraction of sp³-hybridized carbons (Fsp3) is 0.500. The van der Waals surface area contributed by atoms with E-state index < -0.39 is 17.9 Å². The zero-order chi connectivity index (χ0) is 15.8. The molecule has 0 radical (unpaired) electrons. The second kappa shape index (κ2) is 10.2. The Morgan fingerprint density at radius 2 is 1.82 bits per heavy atom. The molecule has 1 aromatic carbocycles. The van der Waals surface area contributed by atoms with E-state index >= 15 is 0 Å². The lowest BCUT2D eigenvalue weighted by Gasteiger charge is -2.27. The van der Waals surface area contributed by atoms with Crippen molar-refractivity contribution in [3.05, 3.63) is 35.9 Å². The number of amides is 2. The molecule has 0 aromatic heterocycles. The SMILES string of the molecule is CCCCN(CC(N)=O)C(=O)C(C)C(N)c1ccccc1.Cl. The van der Waals surface area contributed by atoms with Crippen LogP contribution in [0.15, 0.2) is 30.3 Å². The van der Waals surface area contributed by atoms with Gasteiger partial charge >= 0.3 is 0 Å². The number of nitrogens with two attached hydrogens (primary N) is 2. The highest BCUT2D eigenvalue weighted by atomic mass is 35.5. The summed E-state index contributed by atoms with van der Waals surface area (Å²) in [6, 6.07) is 9.10. The maximum atomic E-state index is 12.5. The number of unbranched alkanes of at least 4 members (excludes halogenated alkanes) is 1. The quantitative estimate of drug-likeness (QED) is 0.763. The van der Waals surface area contributed by atoms with Crippen LogP contribution in [0, 0.1) is 5.92 Å². The monoisotopic (exact) mass is 327 g/mol. The van der Waals surface area contributed by atoms with Gasteiger partial charge in [0.2, 0.25) is 11.8 Å². The molecule has 1 aromatic rings. The van der Waals surface area contributed by atoms with Crippen LogP contribution in [-0.2, 0) is 9.59 Å². The Hall–Kier alpha value is -1.59. The summed E-state index contributed by atoms with van der Waals surface area (Å²) in [4.78, 5) is 25.2. The van der Waals surface area contributed by atoms with Gasteiger partial charge in [-0.15, -0.1) is 12.4 Å². The van der Waals surface area contributed by atoms with Gasteiger partial charge in [-0.3, -0.25) is 9.59 Å². The smallest absolute Gasteiger partial charge is 0.237 e. The standard InChI is InChI=1S/C16H25N3O2.ClH/c1-3-4-10-19(11-14(17)20)16(21)12(2)15(18)13-8-6-5-7-9-13;/h5-9,12,15H,3-4,10-11,18H2,1-2H3,(H2,17,20);1H. The van der Waals surface area contributed by atoms with Gasteiger partial charge < -0.3 is 16.4 Å². The van der Waals surface area contributed by atoms with E-state index in [4.69, 9.17) is 11.5 Å². The number of rotatable bonds is 8. The Bertz CT molecular complexity index is 468. The zero-order valence-corrected chi connectivity index (χ0v) is 14.0. The van der Waals surface area contributed by atoms with Crippen molar-refractivity contribution in [3.63, 3.8) is 0 Å². The molecule has 0 bridgehead atoms. The summed E-state index contributed by atoms with van der Waals surface area (Å²) in [7, 11) is 0. The molecule has 22 heavy (non-hydrogen) atoms. The van der Waals surface area contributed by atoms with Crippen molar-refractivity contribution in [2.45, 2.75) is 32.7 Å². The minimum Gasteiger partial charge on any atom is -0.368 e. The maximum absolute atomic E-state index is 12.5. The lowest BCUT2D eigenvalue weighted by molar-refractivity contribution is -0.139. The molecule has 0 heterocycles. The Labute approximate surface area is 138 Å². The second-order valence-electron chi connectivity index (χ2n) is 5.30. The summed E-state index contributed by atoms with van der Waals surface area (Å²) in [6.45, 7) is 4.31. The molecular formula is C16H26ClN3O2. The second-order valence-corrected chi connectivity index (χ2v) is 5.30. The van der Waals surface area contributed by atoms with E-state index in [1.165, 1.54) is 4.90 Å². The largest absolute Gasteiger partial charge is 0.368 e. The summed E-state index contributed by atoms with van der Waals surface area (Å²) in [6.07, 6.45) is 1.79. The average molecular weight is 328 g/mol. The van der Waals surface area contributed by atoms with Gasteiger partial charge in [-0.05, 0) is 12.0 Å². The van der Waals surface area contributed by atoms with Crippen molar-refractivity contribution in [1.82, 2.24) is 4.90 Å². The Morgan fingerprint density at radius 3 is 2.32 bits per heavy atom. The van der Waals surface area contributed by atoms with E-state index in [0.29, 0.717) is 6.54 Å². The third-order valence-corrected chi connectivity index (χ3v) is 3.55. The predicted molar refractivity (Wildman–Crippen MR) is 90.5 cm³/mol. The fourth-order valence-electron chi connectivity index (χ4n) is 2.21. The molecule has 0 aliphatic carbocycles. The van der Waals surface area contributed by atoms with Crippen LogP contribution in [0.5, 0.6) is 0 Å². The molecule has 1 rings (SSSR count). The average Bonchev–Trinajstić information content (AvgIpc) is 2.49. The molecule has 6 heteroatoms. The van der Waals surface area contributed by atoms with Crippen molar-refractivity contribution in [2.24, 2.45) is 17.4 Å². The number of hydrogen-bond donors (Lipinski definition) is 2. The molecule has 0 aliphatic rings. The first kappa shape index (κ1) is 20.4. The number of benzene rings is 1. The lowest BCUT2D eigenvalue weighted by atomic mass is 9.94. The van der Waals surface area contributed by atoms with E-state index in [1.807, 2.05) is 37.3 Å². The number of carbonyl (C=O) groups excluding carboxylic acids is 2. The molecule has 0 spiro atoms. The van der Waals surface area contributed by atoms with Crippen LogP contribution >= 0.6 is 12.4 Å². The number of hydrogen-bond acceptors (Lipinski definition) is 3. The highest BCUT2D eigenvalue weighted by Gasteiger charge is 2.27. The number of carbonyl (C=O) groups is 2. The minimum atomic E-state index is -0.500. The van der Waals surface area contributed by atoms with Gasteiger partial charge in [-0.1, -0.05) is 50.6 Å². The molecule has 0 fully saturated rings. The summed E-state index contributed by atoms with van der Waals surface area (Å²) < 4.78 is 0. The molecule has 124 valence electrons. The predicted octanol–water partition coefficient (Wildman–Crippen LogP) is 1.86. The number of primary amides is 1. The van der Waals surface area contributed by atoms with Crippen LogP contribution in [0.4, 0.5) is 0 Å². The summed E-state index contributed by atoms with van der Waals surface area (Å²) >= 11 is 0. The summed E-state index contributed by atoms with van der Waals surface area (Å²) in [5, 5.41) is 0. The first-order chi connectivity index (χ1) is 9.97. The van der Waals surface area contributed by atoms with Gasteiger partial charge in [-0.25, -0.2) is 0 Å². The minimum absolute atomic E-state index is 0. The van der Waals surface area contributed by atoms with Crippen LogP contribution in [0.1, 0.15) is 38.3 Å². The van der Waals surface area contributed by atoms with Crippen molar-refractivity contribution < 1.29 is 9.59 Å². The van der Waals surface area contributed by atoms with Gasteiger partial charge in [0.15, 0.2) is 0 Å². The molecule has 0 aliphatic heterocycles. The van der Waals surface area contributed by atoms with Crippen molar-refractivity contribution in [3.8, 4) is 0 Å². The summed E-state index contributed by atoms with van der Waals surface area (Å²) in [5.41, 5.74) is 12.3. The fourth-order valence-corrected chi connectivity index (χ4v) is 2.21. The molecule has 4 N–H and O–H groups in total. The van der Waals surface area contributed by atoms with E-state index in [-0.39, 0.29) is 24.9 Å². The van der Waals surface area contributed by atoms with Crippen LogP contribution < -0.4 is 11.5 Å². The first-order valence-electron chi connectivity index (χ1n) is 7.35. The van der Waals surface area contributed by atoms with Gasteiger partial charge in [0.05, 0.1) is 12.5 Å². The number of nitrogens with zero attached hydrogens (tertiary/aromatic N) is 1. The van der Waals surface area contributed by atoms with E-state index in [9.17, 15) is 9.59 Å². The van der Waals surface area contributed by atoms with E-state index in [2.05, 4.69) is 0 Å². The van der Waals surface area contributed by atoms with E-state index in [1.54, 1.807) is 6.92 Å². The van der Waals surface area contributed by atoms with Crippen molar-refractivity contribution in [2.75, 3.05) is 13.1 Å². The molecular weight excluding hydrogens is 302 g/mol.